The fourth-order valence-electron chi connectivity index (χ4n) is 9.94. The molecule has 0 unspecified atom stereocenters. The number of nitrogens with zero attached hydrogens (tertiary/aromatic N) is 8. The summed E-state index contributed by atoms with van der Waals surface area (Å²) in [6.45, 7) is 7.97. The number of aromatic carboxylic acids is 1. The molecule has 2 aromatic heterocycles. The number of hydrogen-bond acceptors (Lipinski definition) is 17. The van der Waals surface area contributed by atoms with Crippen molar-refractivity contribution in [1.82, 2.24) is 40.4 Å². The molecule has 0 bridgehead atoms. The number of carbonyl (C=O) groups excluding carboxylic acids is 3. The van der Waals surface area contributed by atoms with Crippen LogP contribution in [-0.4, -0.2) is 140 Å². The number of likely N-dealkylation sites (N-methyl/N-ethyl adjacent to an activating group) is 2. The first-order valence-corrected chi connectivity index (χ1v) is 28.7. The molecule has 0 spiro atoms. The highest BCUT2D eigenvalue weighted by Crippen LogP contribution is 2.42. The molecule has 6 heterocycles. The Kier molecular flexibility index (Phi) is 19.3. The van der Waals surface area contributed by atoms with E-state index < -0.39 is 52.7 Å². The van der Waals surface area contributed by atoms with E-state index in [9.17, 15) is 33.1 Å². The summed E-state index contributed by atoms with van der Waals surface area (Å²) >= 11 is 0. The van der Waals surface area contributed by atoms with Crippen LogP contribution in [0.5, 0.6) is 23.0 Å². The molecule has 23 nitrogen and oxygen atoms in total. The van der Waals surface area contributed by atoms with Gasteiger partial charge < -0.3 is 66.2 Å². The van der Waals surface area contributed by atoms with Crippen LogP contribution in [0.3, 0.4) is 0 Å². The van der Waals surface area contributed by atoms with Crippen LogP contribution in [0.15, 0.2) is 109 Å². The Bertz CT molecular complexity index is 4060. The molecule has 5 amide bonds. The van der Waals surface area contributed by atoms with Gasteiger partial charge in [0.25, 0.3) is 5.91 Å². The first-order valence-electron chi connectivity index (χ1n) is 28.7. The summed E-state index contributed by atoms with van der Waals surface area (Å²) in [7, 11) is 7.63. The third-order valence-electron chi connectivity index (χ3n) is 14.5. The van der Waals surface area contributed by atoms with Gasteiger partial charge >= 0.3 is 18.0 Å². The average molecular weight is 1250 g/mol. The third kappa shape index (κ3) is 14.4. The van der Waals surface area contributed by atoms with Crippen LogP contribution in [-0.2, 0) is 13.1 Å². The van der Waals surface area contributed by atoms with E-state index in [1.54, 1.807) is 61.5 Å². The predicted octanol–water partition coefficient (Wildman–Crippen LogP) is 9.89. The van der Waals surface area contributed by atoms with E-state index >= 15 is 8.78 Å². The maximum absolute atomic E-state index is 15.0. The number of rotatable bonds is 15. The molecule has 0 aliphatic carbocycles. The summed E-state index contributed by atoms with van der Waals surface area (Å²) in [4.78, 5) is 75.0. The minimum atomic E-state index is -1.11. The molecule has 6 aromatic carbocycles. The first kappa shape index (κ1) is 63.2. The van der Waals surface area contributed by atoms with E-state index in [4.69, 9.17) is 29.7 Å². The average Bonchev–Trinajstić information content (AvgIpc) is 0.789. The maximum Gasteiger partial charge on any atom is 0.335 e. The number of fused-ring (bicyclic) bond motifs is 4. The normalized spacial score (nSPS) is 13.5. The Morgan fingerprint density at radius 2 is 1.00 bits per heavy atom. The van der Waals surface area contributed by atoms with E-state index in [1.165, 1.54) is 24.3 Å². The fraction of sp³-hybridized carbons (Fsp3) is 0.250. The highest BCUT2D eigenvalue weighted by molar-refractivity contribution is 6.06. The number of anilines is 8. The van der Waals surface area contributed by atoms with Crippen LogP contribution < -0.4 is 61.1 Å². The number of amides is 5. The minimum absolute atomic E-state index is 0.00110. The number of hydrogen-bond donors (Lipinski definition) is 7. The Labute approximate surface area is 520 Å². The van der Waals surface area contributed by atoms with Gasteiger partial charge in [-0.25, -0.2) is 51.7 Å². The first-order chi connectivity index (χ1) is 43.7. The van der Waals surface area contributed by atoms with Crippen LogP contribution in [0.2, 0.25) is 0 Å². The van der Waals surface area contributed by atoms with Crippen LogP contribution in [0, 0.1) is 37.1 Å². The van der Waals surface area contributed by atoms with Gasteiger partial charge in [-0.15, -0.1) is 0 Å². The summed E-state index contributed by atoms with van der Waals surface area (Å²) < 4.78 is 81.3. The summed E-state index contributed by atoms with van der Waals surface area (Å²) in [5, 5.41) is 23.9. The number of carboxylic acids is 1. The van der Waals surface area contributed by atoms with E-state index in [-0.39, 0.29) is 48.1 Å². The second kappa shape index (κ2) is 27.7. The SMILES string of the molecule is Cc1ccc(C(=O)Nc2ccc3c(c2)OCCO3)cc1-c1nc(NCCN(C)C)nc2c1CNC(=O)N2c1c(F)cccc1F.Cc1ccc(C(=O)O)cc1-c1nc(NCCN(C)C)nc2c1CNC(=O)N2c1c(F)cccc1F.Nc1ccc2c(c1)OCCO2. The van der Waals surface area contributed by atoms with Crippen molar-refractivity contribution >= 4 is 70.2 Å². The summed E-state index contributed by atoms with van der Waals surface area (Å²) in [5.74, 6) is -2.17. The molecule has 0 saturated heterocycles. The molecule has 4 aliphatic heterocycles. The van der Waals surface area contributed by atoms with Gasteiger partial charge in [-0.1, -0.05) is 24.3 Å². The number of nitrogens with one attached hydrogen (secondary N) is 5. The molecule has 0 atom stereocenters. The number of halogens is 4. The summed E-state index contributed by atoms with van der Waals surface area (Å²) in [5.41, 5.74) is 10.3. The quantitative estimate of drug-likeness (QED) is 0.0371. The lowest BCUT2D eigenvalue weighted by molar-refractivity contribution is 0.0696. The molecule has 4 aliphatic rings. The molecular weight excluding hydrogens is 1180 g/mol. The molecule has 0 radical (unpaired) electrons. The van der Waals surface area contributed by atoms with E-state index in [1.807, 2.05) is 51.0 Å². The molecule has 8 N–H and O–H groups in total. The topological polar surface area (TPSA) is 276 Å². The Morgan fingerprint density at radius 3 is 1.46 bits per heavy atom. The second-order valence-corrected chi connectivity index (χ2v) is 21.6. The Morgan fingerprint density at radius 1 is 0.571 bits per heavy atom. The molecule has 0 saturated carbocycles. The monoisotopic (exact) mass is 1250 g/mol. The van der Waals surface area contributed by atoms with Crippen LogP contribution in [0.4, 0.5) is 73.4 Å². The zero-order chi connectivity index (χ0) is 64.6. The van der Waals surface area contributed by atoms with E-state index in [2.05, 4.69) is 41.5 Å². The number of ether oxygens (including phenoxy) is 4. The molecule has 0 fully saturated rings. The van der Waals surface area contributed by atoms with Crippen molar-refractivity contribution in [2.45, 2.75) is 26.9 Å². The minimum Gasteiger partial charge on any atom is -0.486 e. The third-order valence-corrected chi connectivity index (χ3v) is 14.5. The lowest BCUT2D eigenvalue weighted by atomic mass is 9.97. The number of nitrogen functional groups attached to an aromatic ring is 1. The van der Waals surface area contributed by atoms with Crippen molar-refractivity contribution in [2.24, 2.45) is 0 Å². The fourth-order valence-corrected chi connectivity index (χ4v) is 9.94. The molecule has 91 heavy (non-hydrogen) atoms. The molecule has 12 rings (SSSR count). The Balaban J connectivity index is 0.000000174. The largest absolute Gasteiger partial charge is 0.486 e. The van der Waals surface area contributed by atoms with Gasteiger partial charge in [0.15, 0.2) is 34.6 Å². The van der Waals surface area contributed by atoms with Crippen molar-refractivity contribution in [2.75, 3.05) is 112 Å². The highest BCUT2D eigenvalue weighted by Gasteiger charge is 2.36. The standard InChI is InChI=1S/C32H31F2N7O4.C24H24F2N6O3.C8H9NO2/c1-18-7-8-19(30(42)37-20-9-10-25-26(16-20)45-14-13-44-25)15-21(18)27-22-17-36-32(43)41(28-23(33)5-4-6-24(28)34)29(22)39-31(38-27)35-11-12-40(2)3;1-13-7-8-14(22(33)34)11-15(13)19-16-12-28-24(35)32(20-17(25)5-4-6-18(20)26)21(16)30-23(29-19)27-9-10-31(2)3;9-6-1-2-7-8(5-6)11-4-3-10-7/h4-10,15-16H,11-14,17H2,1-3H3,(H,36,43)(H,37,42)(H,35,38,39);4-8,11H,9-10,12H2,1-3H3,(H,28,35)(H,33,34)(H,27,29,30);1-2,5H,3-4,9H2. The summed E-state index contributed by atoms with van der Waals surface area (Å²) in [6, 6.07) is 25.6. The van der Waals surface area contributed by atoms with Crippen LogP contribution >= 0.6 is 0 Å². The number of nitrogens with two attached hydrogens (primary N) is 1. The van der Waals surface area contributed by atoms with Crippen LogP contribution in [0.25, 0.3) is 22.5 Å². The number of urea groups is 2. The van der Waals surface area contributed by atoms with Gasteiger partial charge in [0, 0.05) is 77.5 Å². The molecule has 27 heteroatoms. The summed E-state index contributed by atoms with van der Waals surface area (Å²) in [6.07, 6.45) is 0. The number of para-hydroxylation sites is 2. The van der Waals surface area contributed by atoms with E-state index in [0.717, 1.165) is 56.7 Å². The molecule has 8 aromatic rings. The molecule has 472 valence electrons. The van der Waals surface area contributed by atoms with Crippen molar-refractivity contribution < 1.29 is 60.8 Å². The van der Waals surface area contributed by atoms with Gasteiger partial charge in [0.1, 0.15) is 61.1 Å². The zero-order valence-corrected chi connectivity index (χ0v) is 50.3. The van der Waals surface area contributed by atoms with Crippen molar-refractivity contribution in [3.05, 3.63) is 166 Å². The smallest absolute Gasteiger partial charge is 0.335 e. The van der Waals surface area contributed by atoms with Gasteiger partial charge in [-0.3, -0.25) is 4.79 Å². The Hall–Kier alpha value is -10.8. The van der Waals surface area contributed by atoms with Gasteiger partial charge in [-0.2, -0.15) is 9.97 Å². The second-order valence-electron chi connectivity index (χ2n) is 21.6. The lowest BCUT2D eigenvalue weighted by Gasteiger charge is -2.31. The van der Waals surface area contributed by atoms with Crippen molar-refractivity contribution in [1.29, 1.82) is 0 Å². The zero-order valence-electron chi connectivity index (χ0n) is 50.3. The lowest BCUT2D eigenvalue weighted by Crippen LogP contribution is -2.43. The number of benzene rings is 6. The predicted molar refractivity (Wildman–Crippen MR) is 334 cm³/mol. The number of aromatic nitrogens is 4. The van der Waals surface area contributed by atoms with Crippen LogP contribution in [0.1, 0.15) is 43.0 Å². The van der Waals surface area contributed by atoms with Gasteiger partial charge in [-0.05, 0) is 126 Å². The number of aryl methyl sites for hydroxylation is 2. The molecular formula is C64H64F4N14O9. The van der Waals surface area contributed by atoms with Gasteiger partial charge in [0.05, 0.1) is 30.0 Å². The van der Waals surface area contributed by atoms with Crippen molar-refractivity contribution in [3.8, 4) is 45.5 Å². The number of carboxylic acid groups (broad SMARTS) is 1. The van der Waals surface area contributed by atoms with Crippen molar-refractivity contribution in [3.63, 3.8) is 0 Å². The number of carbonyl (C=O) groups is 4. The van der Waals surface area contributed by atoms with E-state index in [0.29, 0.717) is 115 Å². The highest BCUT2D eigenvalue weighted by atomic mass is 19.1. The maximum atomic E-state index is 15.0. The van der Waals surface area contributed by atoms with Gasteiger partial charge in [0.2, 0.25) is 11.9 Å².